The van der Waals surface area contributed by atoms with Gasteiger partial charge >= 0.3 is 12.2 Å². The standard InChI is InChI=1S/C26H31ClF3N7O4/c1-13(22(32)24(38)36(2)40-4)19-11-37(7-5-6-33-19)23-16-12-41-20(10-18(16)34-25(35-23)39-3)15-8-14(31)9-17(27)21(15)26(28,29)30/h8-9,20H,5-7,10-12,31-32H2,1-4H3/b22-13-. The zero-order chi connectivity index (χ0) is 30.1. The van der Waals surface area contributed by atoms with Gasteiger partial charge in [0.05, 0.1) is 55.5 Å². The Morgan fingerprint density at radius 3 is 2.66 bits per heavy atom. The number of alkyl halides is 3. The molecule has 1 unspecified atom stereocenters. The predicted molar refractivity (Wildman–Crippen MR) is 146 cm³/mol. The first kappa shape index (κ1) is 30.3. The third-order valence-corrected chi connectivity index (χ3v) is 7.27. The molecule has 0 saturated heterocycles. The van der Waals surface area contributed by atoms with Crippen molar-refractivity contribution in [1.82, 2.24) is 15.0 Å². The molecule has 4 N–H and O–H groups in total. The van der Waals surface area contributed by atoms with E-state index in [0.717, 1.165) is 11.1 Å². The molecule has 1 amide bonds. The molecule has 222 valence electrons. The molecule has 41 heavy (non-hydrogen) atoms. The summed E-state index contributed by atoms with van der Waals surface area (Å²) in [6.07, 6.45) is -5.05. The zero-order valence-electron chi connectivity index (χ0n) is 23.0. The first-order valence-electron chi connectivity index (χ1n) is 12.6. The molecule has 0 spiro atoms. The summed E-state index contributed by atoms with van der Waals surface area (Å²) in [7, 11) is 4.21. The van der Waals surface area contributed by atoms with Crippen molar-refractivity contribution in [3.05, 3.63) is 50.8 Å². The van der Waals surface area contributed by atoms with Crippen molar-refractivity contribution in [2.75, 3.05) is 51.5 Å². The van der Waals surface area contributed by atoms with Crippen molar-refractivity contribution in [2.24, 2.45) is 10.7 Å². The van der Waals surface area contributed by atoms with E-state index in [4.69, 9.17) is 37.4 Å². The minimum absolute atomic E-state index is 0.00257. The lowest BCUT2D eigenvalue weighted by Crippen LogP contribution is -2.35. The number of carbonyl (C=O) groups excluding carboxylic acids is 1. The summed E-state index contributed by atoms with van der Waals surface area (Å²) >= 11 is 5.97. The Kier molecular flexibility index (Phi) is 8.94. The van der Waals surface area contributed by atoms with Crippen LogP contribution in [0.25, 0.3) is 0 Å². The SMILES string of the molecule is COc1nc2c(c(N3CCCN=C(/C(C)=C(\N)C(=O)N(C)OC)C3)n1)COC(c1cc(N)cc(Cl)c1C(F)(F)F)C2. The Morgan fingerprint density at radius 2 is 2.00 bits per heavy atom. The molecule has 2 aliphatic rings. The van der Waals surface area contributed by atoms with Crippen LogP contribution in [0, 0.1) is 0 Å². The van der Waals surface area contributed by atoms with Gasteiger partial charge in [-0.1, -0.05) is 11.6 Å². The molecule has 1 aromatic carbocycles. The van der Waals surface area contributed by atoms with Crippen molar-refractivity contribution in [2.45, 2.75) is 38.7 Å². The highest BCUT2D eigenvalue weighted by atomic mass is 35.5. The van der Waals surface area contributed by atoms with Crippen LogP contribution in [0.2, 0.25) is 5.02 Å². The smallest absolute Gasteiger partial charge is 0.418 e. The number of aromatic nitrogens is 2. The van der Waals surface area contributed by atoms with E-state index in [9.17, 15) is 18.0 Å². The molecule has 0 saturated carbocycles. The van der Waals surface area contributed by atoms with Crippen molar-refractivity contribution >= 4 is 34.7 Å². The number of carbonyl (C=O) groups is 1. The molecule has 2 aromatic rings. The molecule has 1 atom stereocenters. The highest BCUT2D eigenvalue weighted by molar-refractivity contribution is 6.31. The number of nitrogens with zero attached hydrogens (tertiary/aromatic N) is 5. The van der Waals surface area contributed by atoms with E-state index in [0.29, 0.717) is 47.9 Å². The number of rotatable bonds is 6. The molecule has 15 heteroatoms. The number of aliphatic imine (C=N–C) groups is 1. The number of hydrogen-bond acceptors (Lipinski definition) is 10. The summed E-state index contributed by atoms with van der Waals surface area (Å²) in [5.74, 6) is -0.0165. The molecule has 0 fully saturated rings. The zero-order valence-corrected chi connectivity index (χ0v) is 23.8. The lowest BCUT2D eigenvalue weighted by Gasteiger charge is -2.32. The number of amides is 1. The fraction of sp³-hybridized carbons (Fsp3) is 0.462. The third kappa shape index (κ3) is 6.34. The second-order valence-corrected chi connectivity index (χ2v) is 9.96. The minimum Gasteiger partial charge on any atom is -0.467 e. The van der Waals surface area contributed by atoms with E-state index in [2.05, 4.69) is 15.0 Å². The normalized spacial score (nSPS) is 18.2. The number of ether oxygens (including phenoxy) is 2. The summed E-state index contributed by atoms with van der Waals surface area (Å²) < 4.78 is 53.1. The maximum atomic E-state index is 13.9. The van der Waals surface area contributed by atoms with Gasteiger partial charge in [-0.3, -0.25) is 14.6 Å². The van der Waals surface area contributed by atoms with Gasteiger partial charge in [-0.15, -0.1) is 0 Å². The molecule has 3 heterocycles. The molecule has 2 aliphatic heterocycles. The van der Waals surface area contributed by atoms with Gasteiger partial charge in [0, 0.05) is 43.4 Å². The van der Waals surface area contributed by atoms with Crippen molar-refractivity contribution in [1.29, 1.82) is 0 Å². The van der Waals surface area contributed by atoms with Crippen LogP contribution in [-0.2, 0) is 33.6 Å². The molecule has 0 radical (unpaired) electrons. The maximum absolute atomic E-state index is 13.9. The molecule has 11 nitrogen and oxygen atoms in total. The van der Waals surface area contributed by atoms with Crippen LogP contribution in [-0.4, -0.2) is 67.6 Å². The topological polar surface area (TPSA) is 141 Å². The van der Waals surface area contributed by atoms with E-state index in [1.165, 1.54) is 27.3 Å². The Morgan fingerprint density at radius 1 is 1.27 bits per heavy atom. The lowest BCUT2D eigenvalue weighted by molar-refractivity contribution is -0.164. The second kappa shape index (κ2) is 12.1. The molecule has 0 aliphatic carbocycles. The third-order valence-electron chi connectivity index (χ3n) is 6.97. The largest absolute Gasteiger partial charge is 0.467 e. The number of likely N-dealkylation sites (N-methyl/N-ethyl adjacent to an activating group) is 1. The Labute approximate surface area is 239 Å². The molecule has 1 aromatic heterocycles. The van der Waals surface area contributed by atoms with Crippen LogP contribution in [0.1, 0.15) is 41.8 Å². The van der Waals surface area contributed by atoms with Crippen molar-refractivity contribution in [3.8, 4) is 6.01 Å². The van der Waals surface area contributed by atoms with Gasteiger partial charge in [0.2, 0.25) is 0 Å². The van der Waals surface area contributed by atoms with E-state index in [1.54, 1.807) is 6.92 Å². The number of nitrogen functional groups attached to an aromatic ring is 1. The summed E-state index contributed by atoms with van der Waals surface area (Å²) in [6, 6.07) is 2.34. The van der Waals surface area contributed by atoms with Crippen LogP contribution in [0.3, 0.4) is 0 Å². The number of hydrogen-bond donors (Lipinski definition) is 2. The van der Waals surface area contributed by atoms with Gasteiger partial charge in [0.25, 0.3) is 5.91 Å². The van der Waals surface area contributed by atoms with Crippen LogP contribution in [0.5, 0.6) is 6.01 Å². The van der Waals surface area contributed by atoms with Crippen LogP contribution < -0.4 is 21.1 Å². The highest BCUT2D eigenvalue weighted by Crippen LogP contribution is 2.44. The number of halogens is 4. The van der Waals surface area contributed by atoms with Gasteiger partial charge in [-0.05, 0) is 31.0 Å². The summed E-state index contributed by atoms with van der Waals surface area (Å²) in [5, 5.41) is 0.516. The number of benzene rings is 1. The van der Waals surface area contributed by atoms with Crippen LogP contribution in [0.4, 0.5) is 24.7 Å². The van der Waals surface area contributed by atoms with Gasteiger partial charge in [-0.2, -0.15) is 23.1 Å². The number of methoxy groups -OCH3 is 1. The number of fused-ring (bicyclic) bond motifs is 1. The molecular formula is C26H31ClF3N7O4. The second-order valence-electron chi connectivity index (χ2n) is 9.56. The van der Waals surface area contributed by atoms with Crippen molar-refractivity contribution < 1.29 is 32.3 Å². The fourth-order valence-electron chi connectivity index (χ4n) is 4.76. The summed E-state index contributed by atoms with van der Waals surface area (Å²) in [4.78, 5) is 33.1. The van der Waals surface area contributed by atoms with Crippen LogP contribution in [0.15, 0.2) is 28.4 Å². The van der Waals surface area contributed by atoms with Gasteiger partial charge < -0.3 is 25.8 Å². The first-order chi connectivity index (χ1) is 19.3. The monoisotopic (exact) mass is 597 g/mol. The molecular weight excluding hydrogens is 567 g/mol. The highest BCUT2D eigenvalue weighted by Gasteiger charge is 2.40. The Hall–Kier alpha value is -3.62. The minimum atomic E-state index is -4.72. The summed E-state index contributed by atoms with van der Waals surface area (Å²) in [6.45, 7) is 2.93. The predicted octanol–water partition coefficient (Wildman–Crippen LogP) is 3.46. The number of anilines is 2. The summed E-state index contributed by atoms with van der Waals surface area (Å²) in [5.41, 5.74) is 13.1. The van der Waals surface area contributed by atoms with Crippen molar-refractivity contribution in [3.63, 3.8) is 0 Å². The maximum Gasteiger partial charge on any atom is 0.418 e. The quantitative estimate of drug-likeness (QED) is 0.291. The first-order valence-corrected chi connectivity index (χ1v) is 13.0. The lowest BCUT2D eigenvalue weighted by atomic mass is 9.94. The average Bonchev–Trinajstić information content (AvgIpc) is 3.19. The van der Waals surface area contributed by atoms with Crippen LogP contribution >= 0.6 is 11.6 Å². The Bertz CT molecular complexity index is 1400. The van der Waals surface area contributed by atoms with Gasteiger partial charge in [-0.25, -0.2) is 5.06 Å². The average molecular weight is 598 g/mol. The van der Waals surface area contributed by atoms with E-state index in [1.807, 2.05) is 4.90 Å². The number of hydroxylamine groups is 2. The molecule has 4 rings (SSSR count). The van der Waals surface area contributed by atoms with E-state index < -0.39 is 28.8 Å². The molecule has 0 bridgehead atoms. The fourth-order valence-corrected chi connectivity index (χ4v) is 5.10. The number of nitrogens with two attached hydrogens (primary N) is 2. The van der Waals surface area contributed by atoms with E-state index in [-0.39, 0.29) is 42.5 Å². The Balaban J connectivity index is 1.71. The van der Waals surface area contributed by atoms with Gasteiger partial charge in [0.1, 0.15) is 11.5 Å². The van der Waals surface area contributed by atoms with E-state index >= 15 is 0 Å². The van der Waals surface area contributed by atoms with Gasteiger partial charge in [0.15, 0.2) is 0 Å².